The minimum atomic E-state index is -0.519. The number of hydrogen-bond acceptors (Lipinski definition) is 4. The number of rotatable bonds is 2. The Morgan fingerprint density at radius 2 is 2.12 bits per heavy atom. The third-order valence-corrected chi connectivity index (χ3v) is 3.62. The van der Waals surface area contributed by atoms with E-state index in [1.165, 1.54) is 11.6 Å². The number of nitrogens with zero attached hydrogens (tertiary/aromatic N) is 3. The maximum absolute atomic E-state index is 12.4. The molecule has 0 aliphatic rings. The maximum Gasteiger partial charge on any atom is 0.333 e. The molecular weight excluding hydrogens is 320 g/mol. The van der Waals surface area contributed by atoms with Gasteiger partial charge in [0.05, 0.1) is 13.7 Å². The predicted octanol–water partition coefficient (Wildman–Crippen LogP) is 0.465. The van der Waals surface area contributed by atoms with Gasteiger partial charge in [-0.15, -0.1) is 6.42 Å². The molecule has 124 valence electrons. The molecule has 1 N–H and O–H groups in total. The van der Waals surface area contributed by atoms with Crippen molar-refractivity contribution in [2.75, 3.05) is 7.11 Å². The molecule has 3 aromatic rings. The number of benzene rings is 1. The summed E-state index contributed by atoms with van der Waals surface area (Å²) in [4.78, 5) is 31.6. The molecule has 0 unspecified atom stereocenters. The van der Waals surface area contributed by atoms with Crippen molar-refractivity contribution in [1.29, 1.82) is 0 Å². The number of fused-ring (bicyclic) bond motifs is 1. The van der Waals surface area contributed by atoms with Gasteiger partial charge in [-0.1, -0.05) is 17.9 Å². The van der Waals surface area contributed by atoms with Crippen molar-refractivity contribution in [3.8, 4) is 29.9 Å². The second kappa shape index (κ2) is 6.42. The van der Waals surface area contributed by atoms with Crippen molar-refractivity contribution in [3.63, 3.8) is 0 Å². The summed E-state index contributed by atoms with van der Waals surface area (Å²) >= 11 is 0. The average Bonchev–Trinajstić information content (AvgIpc) is 3.06. The zero-order valence-corrected chi connectivity index (χ0v) is 13.7. The largest absolute Gasteiger partial charge is 0.497 e. The van der Waals surface area contributed by atoms with Gasteiger partial charge in [-0.25, -0.2) is 14.3 Å². The number of imidazole rings is 1. The monoisotopic (exact) mass is 334 g/mol. The lowest BCUT2D eigenvalue weighted by Crippen LogP contribution is -2.38. The van der Waals surface area contributed by atoms with Crippen LogP contribution in [0.15, 0.2) is 33.9 Å². The summed E-state index contributed by atoms with van der Waals surface area (Å²) in [5.74, 6) is 9.06. The fourth-order valence-corrected chi connectivity index (χ4v) is 2.37. The molecular formula is C18H14N4O3. The van der Waals surface area contributed by atoms with Crippen LogP contribution in [0.1, 0.15) is 11.4 Å². The third kappa shape index (κ3) is 2.91. The Morgan fingerprint density at radius 3 is 2.84 bits per heavy atom. The average molecular weight is 334 g/mol. The van der Waals surface area contributed by atoms with Crippen molar-refractivity contribution in [3.05, 3.63) is 56.5 Å². The standard InChI is InChI=1S/C18H14N4O3/c1-4-10-22-17(23)15-16(21(2)18(22)24)20-14(19-15)9-8-12-6-5-7-13(11-12)25-3/h1,5-7,11H,10H2,2-3H3,(H,19,20). The van der Waals surface area contributed by atoms with Crippen LogP contribution < -0.4 is 16.0 Å². The molecule has 0 amide bonds. The molecule has 2 heterocycles. The Hall–Kier alpha value is -3.71. The van der Waals surface area contributed by atoms with Gasteiger partial charge in [0.1, 0.15) is 5.75 Å². The molecule has 0 spiro atoms. The molecule has 0 radical (unpaired) electrons. The van der Waals surface area contributed by atoms with E-state index in [1.807, 2.05) is 18.2 Å². The molecule has 2 aromatic heterocycles. The van der Waals surface area contributed by atoms with E-state index in [0.29, 0.717) is 5.75 Å². The SMILES string of the molecule is C#CCn1c(=O)c2[nH]c(C#Cc3cccc(OC)c3)nc2n(C)c1=O. The molecule has 0 fully saturated rings. The molecule has 0 aliphatic heterocycles. The number of H-pyrrole nitrogens is 1. The van der Waals surface area contributed by atoms with Gasteiger partial charge >= 0.3 is 5.69 Å². The van der Waals surface area contributed by atoms with Gasteiger partial charge in [-0.2, -0.15) is 0 Å². The number of hydrogen-bond donors (Lipinski definition) is 1. The van der Waals surface area contributed by atoms with Gasteiger partial charge in [0.2, 0.25) is 0 Å². The minimum absolute atomic E-state index is 0.106. The second-order valence-corrected chi connectivity index (χ2v) is 5.20. The van der Waals surface area contributed by atoms with Gasteiger partial charge < -0.3 is 9.72 Å². The molecule has 7 heteroatoms. The molecule has 0 bridgehead atoms. The quantitative estimate of drug-likeness (QED) is 0.691. The maximum atomic E-state index is 12.4. The number of aromatic nitrogens is 4. The normalized spacial score (nSPS) is 10.1. The lowest BCUT2D eigenvalue weighted by atomic mass is 10.2. The van der Waals surface area contributed by atoms with Gasteiger partial charge in [0, 0.05) is 12.6 Å². The summed E-state index contributed by atoms with van der Waals surface area (Å²) in [6.45, 7) is -0.106. The fraction of sp³-hybridized carbons (Fsp3) is 0.167. The molecule has 0 aliphatic carbocycles. The first-order valence-electron chi connectivity index (χ1n) is 7.34. The Labute approximate surface area is 142 Å². The van der Waals surface area contributed by atoms with E-state index in [0.717, 1.165) is 10.1 Å². The van der Waals surface area contributed by atoms with Crippen molar-refractivity contribution in [1.82, 2.24) is 19.1 Å². The highest BCUT2D eigenvalue weighted by Gasteiger charge is 2.14. The summed E-state index contributed by atoms with van der Waals surface area (Å²) < 4.78 is 7.38. The van der Waals surface area contributed by atoms with Crippen LogP contribution in [-0.4, -0.2) is 26.2 Å². The molecule has 7 nitrogen and oxygen atoms in total. The summed E-state index contributed by atoms with van der Waals surface area (Å²) in [5, 5.41) is 0. The predicted molar refractivity (Wildman–Crippen MR) is 93.4 cm³/mol. The highest BCUT2D eigenvalue weighted by Crippen LogP contribution is 2.11. The Balaban J connectivity index is 2.12. The van der Waals surface area contributed by atoms with E-state index in [-0.39, 0.29) is 23.5 Å². The zero-order chi connectivity index (χ0) is 18.0. The van der Waals surface area contributed by atoms with Crippen molar-refractivity contribution >= 4 is 11.2 Å². The van der Waals surface area contributed by atoms with Crippen LogP contribution in [0.4, 0.5) is 0 Å². The number of aryl methyl sites for hydroxylation is 1. The van der Waals surface area contributed by atoms with Crippen LogP contribution in [0, 0.1) is 24.2 Å². The van der Waals surface area contributed by atoms with Gasteiger partial charge in [-0.05, 0) is 24.1 Å². The number of methoxy groups -OCH3 is 1. The first-order chi connectivity index (χ1) is 12.0. The van der Waals surface area contributed by atoms with Crippen molar-refractivity contribution in [2.45, 2.75) is 6.54 Å². The number of terminal acetylenes is 1. The lowest BCUT2D eigenvalue weighted by molar-refractivity contribution is 0.414. The van der Waals surface area contributed by atoms with Crippen molar-refractivity contribution < 1.29 is 4.74 Å². The Kier molecular flexibility index (Phi) is 4.15. The fourth-order valence-electron chi connectivity index (χ4n) is 2.37. The highest BCUT2D eigenvalue weighted by atomic mass is 16.5. The molecule has 0 saturated heterocycles. The number of nitrogens with one attached hydrogen (secondary N) is 1. The van der Waals surface area contributed by atoms with E-state index in [1.54, 1.807) is 13.2 Å². The molecule has 0 saturated carbocycles. The topological polar surface area (TPSA) is 81.9 Å². The van der Waals surface area contributed by atoms with Crippen LogP contribution >= 0.6 is 0 Å². The first-order valence-corrected chi connectivity index (χ1v) is 7.34. The van der Waals surface area contributed by atoms with Gasteiger partial charge in [-0.3, -0.25) is 9.36 Å². The Morgan fingerprint density at radius 1 is 1.32 bits per heavy atom. The summed E-state index contributed by atoms with van der Waals surface area (Å²) in [7, 11) is 3.10. The number of aromatic amines is 1. The van der Waals surface area contributed by atoms with Crippen molar-refractivity contribution in [2.24, 2.45) is 7.05 Å². The number of ether oxygens (including phenoxy) is 1. The van der Waals surface area contributed by atoms with Crippen LogP contribution in [0.3, 0.4) is 0 Å². The van der Waals surface area contributed by atoms with E-state index in [2.05, 4.69) is 27.7 Å². The first kappa shape index (κ1) is 16.2. The minimum Gasteiger partial charge on any atom is -0.497 e. The van der Waals surface area contributed by atoms with E-state index in [9.17, 15) is 9.59 Å². The van der Waals surface area contributed by atoms with Crippen LogP contribution in [0.2, 0.25) is 0 Å². The molecule has 25 heavy (non-hydrogen) atoms. The lowest BCUT2D eigenvalue weighted by Gasteiger charge is -2.03. The smallest absolute Gasteiger partial charge is 0.333 e. The van der Waals surface area contributed by atoms with E-state index in [4.69, 9.17) is 11.2 Å². The molecule has 3 rings (SSSR count). The summed E-state index contributed by atoms with van der Waals surface area (Å²) in [6.07, 6.45) is 5.22. The summed E-state index contributed by atoms with van der Waals surface area (Å²) in [6, 6.07) is 7.25. The Bertz CT molecular complexity index is 1180. The molecule has 0 atom stereocenters. The van der Waals surface area contributed by atoms with E-state index < -0.39 is 11.2 Å². The zero-order valence-electron chi connectivity index (χ0n) is 13.7. The van der Waals surface area contributed by atoms with Gasteiger partial charge in [0.15, 0.2) is 17.0 Å². The molecule has 1 aromatic carbocycles. The van der Waals surface area contributed by atoms with Crippen LogP contribution in [0.25, 0.3) is 11.2 Å². The summed E-state index contributed by atoms with van der Waals surface area (Å²) in [5.41, 5.74) is 0.121. The van der Waals surface area contributed by atoms with Crippen LogP contribution in [-0.2, 0) is 13.6 Å². The van der Waals surface area contributed by atoms with Gasteiger partial charge in [0.25, 0.3) is 5.56 Å². The highest BCUT2D eigenvalue weighted by molar-refractivity contribution is 5.70. The second-order valence-electron chi connectivity index (χ2n) is 5.20. The van der Waals surface area contributed by atoms with Crippen LogP contribution in [0.5, 0.6) is 5.75 Å². The third-order valence-electron chi connectivity index (χ3n) is 3.62. The van der Waals surface area contributed by atoms with E-state index >= 15 is 0 Å².